The van der Waals surface area contributed by atoms with E-state index in [4.69, 9.17) is 9.15 Å². The Bertz CT molecular complexity index is 3440. The van der Waals surface area contributed by atoms with Gasteiger partial charge in [-0.3, -0.25) is 0 Å². The number of benzene rings is 9. The summed E-state index contributed by atoms with van der Waals surface area (Å²) in [5.74, 6) is 2.63. The second kappa shape index (κ2) is 13.8. The number of para-hydroxylation sites is 2. The summed E-state index contributed by atoms with van der Waals surface area (Å²) in [5.41, 5.74) is 19.8. The molecule has 3 aliphatic rings. The fourth-order valence-corrected chi connectivity index (χ4v) is 11.3. The topological polar surface area (TPSA) is 25.6 Å². The van der Waals surface area contributed by atoms with Crippen LogP contribution in [-0.4, -0.2) is 0 Å². The molecule has 0 N–H and O–H groups in total. The first kappa shape index (κ1) is 36.7. The molecule has 0 radical (unpaired) electrons. The van der Waals surface area contributed by atoms with E-state index in [-0.39, 0.29) is 5.41 Å². The number of rotatable bonds is 6. The Morgan fingerprint density at radius 1 is 0.406 bits per heavy atom. The molecule has 64 heavy (non-hydrogen) atoms. The molecule has 304 valence electrons. The van der Waals surface area contributed by atoms with E-state index >= 15 is 0 Å². The van der Waals surface area contributed by atoms with E-state index in [2.05, 4.69) is 225 Å². The molecule has 2 heterocycles. The minimum Gasteiger partial charge on any atom is -0.457 e. The normalized spacial score (nSPS) is 15.7. The van der Waals surface area contributed by atoms with Crippen molar-refractivity contribution in [1.82, 2.24) is 0 Å². The standard InChI is InChI=1S/C61H43NO2/c1-3-60(2)50-19-9-7-18-47(50)49-36-41(27-33-51(49)60)39-25-28-43(29-26-39)62(44-31-34-56-42(35-44)37-59(63-56)40-15-5-4-6-16-40)45-30-32-48-46-17-8-10-20-52(46)61(55(48)38-45)53-21-11-13-23-57(53)64-58-24-14-12-22-54(58)61/h4-38H,3H2,1-2H3. The molecular weight excluding hydrogens is 779 g/mol. The highest BCUT2D eigenvalue weighted by atomic mass is 16.5. The number of hydrogen-bond acceptors (Lipinski definition) is 3. The predicted octanol–water partition coefficient (Wildman–Crippen LogP) is 16.4. The second-order valence-electron chi connectivity index (χ2n) is 17.7. The van der Waals surface area contributed by atoms with Gasteiger partial charge in [-0.15, -0.1) is 0 Å². The van der Waals surface area contributed by atoms with Crippen LogP contribution in [0.1, 0.15) is 53.6 Å². The Balaban J connectivity index is 0.991. The van der Waals surface area contributed by atoms with Gasteiger partial charge in [-0.05, 0) is 129 Å². The highest BCUT2D eigenvalue weighted by Gasteiger charge is 2.51. The highest BCUT2D eigenvalue weighted by molar-refractivity contribution is 5.94. The summed E-state index contributed by atoms with van der Waals surface area (Å²) in [7, 11) is 0. The molecule has 10 aromatic rings. The first-order chi connectivity index (χ1) is 31.5. The molecule has 1 unspecified atom stereocenters. The lowest BCUT2D eigenvalue weighted by Crippen LogP contribution is -2.32. The van der Waals surface area contributed by atoms with Crippen LogP contribution >= 0.6 is 0 Å². The van der Waals surface area contributed by atoms with Crippen molar-refractivity contribution in [2.24, 2.45) is 0 Å². The molecule has 2 aliphatic carbocycles. The monoisotopic (exact) mass is 821 g/mol. The summed E-state index contributed by atoms with van der Waals surface area (Å²) in [5, 5.41) is 1.05. The van der Waals surface area contributed by atoms with E-state index in [1.54, 1.807) is 0 Å². The summed E-state index contributed by atoms with van der Waals surface area (Å²) in [6.45, 7) is 4.70. The molecule has 1 spiro atoms. The van der Waals surface area contributed by atoms with Crippen molar-refractivity contribution in [3.63, 3.8) is 0 Å². The highest BCUT2D eigenvalue weighted by Crippen LogP contribution is 2.63. The van der Waals surface area contributed by atoms with E-state index < -0.39 is 5.41 Å². The summed E-state index contributed by atoms with van der Waals surface area (Å²) >= 11 is 0. The summed E-state index contributed by atoms with van der Waals surface area (Å²) in [6.07, 6.45) is 1.06. The number of furan rings is 1. The zero-order valence-corrected chi connectivity index (χ0v) is 35.7. The molecule has 0 fully saturated rings. The van der Waals surface area contributed by atoms with Gasteiger partial charge in [0.1, 0.15) is 22.8 Å². The molecule has 13 rings (SSSR count). The summed E-state index contributed by atoms with van der Waals surface area (Å²) in [6, 6.07) is 77.3. The average Bonchev–Trinajstić information content (AvgIpc) is 3.99. The maximum atomic E-state index is 6.67. The maximum absolute atomic E-state index is 6.67. The van der Waals surface area contributed by atoms with Gasteiger partial charge in [0.25, 0.3) is 0 Å². The van der Waals surface area contributed by atoms with E-state index in [9.17, 15) is 0 Å². The SMILES string of the molecule is CCC1(C)c2ccccc2-c2cc(-c3ccc(N(c4ccc5c(c4)C4(c6ccccc6Oc6ccccc64)c4ccccc4-5)c4ccc5oc(-c6ccccc6)cc5c4)cc3)ccc21. The van der Waals surface area contributed by atoms with Crippen molar-refractivity contribution in [2.75, 3.05) is 4.90 Å². The lowest BCUT2D eigenvalue weighted by Gasteiger charge is -2.39. The summed E-state index contributed by atoms with van der Waals surface area (Å²) < 4.78 is 13.1. The minimum atomic E-state index is -0.581. The van der Waals surface area contributed by atoms with Gasteiger partial charge in [-0.25, -0.2) is 0 Å². The van der Waals surface area contributed by atoms with Crippen LogP contribution < -0.4 is 9.64 Å². The van der Waals surface area contributed by atoms with Crippen molar-refractivity contribution in [3.05, 3.63) is 246 Å². The Morgan fingerprint density at radius 3 is 1.70 bits per heavy atom. The number of nitrogens with zero attached hydrogens (tertiary/aromatic N) is 1. The van der Waals surface area contributed by atoms with Gasteiger partial charge in [0.15, 0.2) is 0 Å². The molecular formula is C61H43NO2. The Labute approximate surface area is 373 Å². The van der Waals surface area contributed by atoms with Crippen LogP contribution in [0.15, 0.2) is 217 Å². The van der Waals surface area contributed by atoms with Crippen LogP contribution in [0, 0.1) is 0 Å². The number of fused-ring (bicyclic) bond motifs is 13. The molecule has 0 bridgehead atoms. The van der Waals surface area contributed by atoms with E-state index in [0.29, 0.717) is 0 Å². The number of hydrogen-bond donors (Lipinski definition) is 0. The third-order valence-corrected chi connectivity index (χ3v) is 14.5. The largest absolute Gasteiger partial charge is 0.457 e. The molecule has 1 atom stereocenters. The van der Waals surface area contributed by atoms with Gasteiger partial charge in [-0.2, -0.15) is 0 Å². The molecule has 1 aromatic heterocycles. The zero-order valence-electron chi connectivity index (χ0n) is 35.7. The third kappa shape index (κ3) is 5.15. The lowest BCUT2D eigenvalue weighted by molar-refractivity contribution is 0.436. The fraction of sp³-hybridized carbons (Fsp3) is 0.0820. The number of ether oxygens (including phenoxy) is 1. The molecule has 0 saturated carbocycles. The fourth-order valence-electron chi connectivity index (χ4n) is 11.3. The van der Waals surface area contributed by atoms with E-state index in [0.717, 1.165) is 68.4 Å². The Morgan fingerprint density at radius 2 is 0.969 bits per heavy atom. The maximum Gasteiger partial charge on any atom is 0.135 e. The van der Waals surface area contributed by atoms with E-state index in [1.165, 1.54) is 55.6 Å². The summed E-state index contributed by atoms with van der Waals surface area (Å²) in [4.78, 5) is 2.40. The Kier molecular flexibility index (Phi) is 7.93. The van der Waals surface area contributed by atoms with Gasteiger partial charge in [0.2, 0.25) is 0 Å². The van der Waals surface area contributed by atoms with Crippen LogP contribution in [0.25, 0.3) is 55.7 Å². The van der Waals surface area contributed by atoms with Crippen molar-refractivity contribution >= 4 is 28.0 Å². The van der Waals surface area contributed by atoms with Crippen LogP contribution in [0.2, 0.25) is 0 Å². The van der Waals surface area contributed by atoms with Crippen LogP contribution in [0.5, 0.6) is 11.5 Å². The van der Waals surface area contributed by atoms with E-state index in [1.807, 2.05) is 6.07 Å². The van der Waals surface area contributed by atoms with Crippen LogP contribution in [0.4, 0.5) is 17.1 Å². The van der Waals surface area contributed by atoms with Gasteiger partial charge in [-0.1, -0.05) is 159 Å². The first-order valence-electron chi connectivity index (χ1n) is 22.4. The van der Waals surface area contributed by atoms with Crippen LogP contribution in [0.3, 0.4) is 0 Å². The molecule has 1 aliphatic heterocycles. The first-order valence-corrected chi connectivity index (χ1v) is 22.4. The smallest absolute Gasteiger partial charge is 0.135 e. The molecule has 9 aromatic carbocycles. The quantitative estimate of drug-likeness (QED) is 0.167. The number of anilines is 3. The minimum absolute atomic E-state index is 0.0113. The van der Waals surface area contributed by atoms with Crippen molar-refractivity contribution in [1.29, 1.82) is 0 Å². The lowest BCUT2D eigenvalue weighted by atomic mass is 9.66. The van der Waals surface area contributed by atoms with Crippen LogP contribution in [-0.2, 0) is 10.8 Å². The van der Waals surface area contributed by atoms with Gasteiger partial charge in [0, 0.05) is 44.6 Å². The zero-order chi connectivity index (χ0) is 42.6. The average molecular weight is 822 g/mol. The van der Waals surface area contributed by atoms with Crippen molar-refractivity contribution in [2.45, 2.75) is 31.1 Å². The molecule has 3 heteroatoms. The van der Waals surface area contributed by atoms with Crippen molar-refractivity contribution in [3.8, 4) is 56.2 Å². The predicted molar refractivity (Wildman–Crippen MR) is 261 cm³/mol. The Hall–Kier alpha value is -7.88. The molecule has 3 nitrogen and oxygen atoms in total. The van der Waals surface area contributed by atoms with Gasteiger partial charge >= 0.3 is 0 Å². The molecule has 0 amide bonds. The molecule has 0 saturated heterocycles. The van der Waals surface area contributed by atoms with Gasteiger partial charge in [0.05, 0.1) is 5.41 Å². The van der Waals surface area contributed by atoms with Gasteiger partial charge < -0.3 is 14.1 Å². The third-order valence-electron chi connectivity index (χ3n) is 14.5. The second-order valence-corrected chi connectivity index (χ2v) is 17.7. The van der Waals surface area contributed by atoms with Crippen molar-refractivity contribution < 1.29 is 9.15 Å².